The van der Waals surface area contributed by atoms with Crippen molar-refractivity contribution in [2.75, 3.05) is 6.54 Å². The van der Waals surface area contributed by atoms with Crippen molar-refractivity contribution in [2.45, 2.75) is 19.4 Å². The van der Waals surface area contributed by atoms with Gasteiger partial charge in [0.15, 0.2) is 11.8 Å². The standard InChI is InChI=1S/C19H19F2N7O/c1-11-24-25-18-8-12(2-4-28(11)18)19-15(20)6-13(7-16(19)21)17-9-14(29-26-17)10-27(23)5-3-22/h2-8,14H,9-10,22-23H2,1H3/b5-3-/t14-/m1/s1. The molecule has 1 aliphatic rings. The van der Waals surface area contributed by atoms with Crippen LogP contribution in [-0.4, -0.2) is 38.0 Å². The third kappa shape index (κ3) is 3.61. The lowest BCUT2D eigenvalue weighted by atomic mass is 9.99. The van der Waals surface area contributed by atoms with E-state index in [-0.39, 0.29) is 11.7 Å². The maximum atomic E-state index is 14.8. The van der Waals surface area contributed by atoms with E-state index in [0.29, 0.717) is 41.3 Å². The summed E-state index contributed by atoms with van der Waals surface area (Å²) in [6, 6.07) is 5.72. The number of hydrogen-bond acceptors (Lipinski definition) is 7. The van der Waals surface area contributed by atoms with Crippen molar-refractivity contribution in [3.8, 4) is 11.1 Å². The van der Waals surface area contributed by atoms with Crippen LogP contribution in [0.4, 0.5) is 8.78 Å². The zero-order valence-electron chi connectivity index (χ0n) is 15.6. The van der Waals surface area contributed by atoms with Gasteiger partial charge < -0.3 is 15.6 Å². The molecule has 1 aromatic carbocycles. The highest BCUT2D eigenvalue weighted by Gasteiger charge is 2.25. The molecule has 0 spiro atoms. The summed E-state index contributed by atoms with van der Waals surface area (Å²) >= 11 is 0. The van der Waals surface area contributed by atoms with Crippen molar-refractivity contribution in [3.63, 3.8) is 0 Å². The SMILES string of the molecule is Cc1nnc2cc(-c3c(F)cc(C4=NO[C@@H](CN(N)/C=C\N)C4)cc3F)ccn12. The Hall–Kier alpha value is -3.53. The molecule has 0 bridgehead atoms. The van der Waals surface area contributed by atoms with Crippen LogP contribution in [0.15, 0.2) is 48.0 Å². The van der Waals surface area contributed by atoms with E-state index in [1.807, 2.05) is 0 Å². The van der Waals surface area contributed by atoms with E-state index in [2.05, 4.69) is 15.4 Å². The highest BCUT2D eigenvalue weighted by molar-refractivity contribution is 6.01. The van der Waals surface area contributed by atoms with Gasteiger partial charge in [0.1, 0.15) is 17.5 Å². The molecule has 4 rings (SSSR count). The van der Waals surface area contributed by atoms with Gasteiger partial charge in [0.05, 0.1) is 17.8 Å². The average Bonchev–Trinajstić information content (AvgIpc) is 3.28. The molecule has 0 saturated heterocycles. The molecular weight excluding hydrogens is 380 g/mol. The molecule has 3 aromatic rings. The molecule has 0 aliphatic carbocycles. The first-order valence-corrected chi connectivity index (χ1v) is 8.90. The molecule has 0 amide bonds. The van der Waals surface area contributed by atoms with Crippen molar-refractivity contribution >= 4 is 11.4 Å². The number of fused-ring (bicyclic) bond motifs is 1. The fraction of sp³-hybridized carbons (Fsp3) is 0.211. The Morgan fingerprint density at radius 2 is 2.00 bits per heavy atom. The third-order valence-electron chi connectivity index (χ3n) is 4.67. The second kappa shape index (κ2) is 7.47. The Balaban J connectivity index is 1.59. The molecule has 1 atom stereocenters. The largest absolute Gasteiger partial charge is 0.403 e. The zero-order valence-corrected chi connectivity index (χ0v) is 15.6. The van der Waals surface area contributed by atoms with Crippen LogP contribution in [0.25, 0.3) is 16.8 Å². The molecule has 1 aliphatic heterocycles. The van der Waals surface area contributed by atoms with Crippen molar-refractivity contribution in [3.05, 3.63) is 65.9 Å². The molecule has 0 radical (unpaired) electrons. The van der Waals surface area contributed by atoms with E-state index in [1.54, 1.807) is 29.7 Å². The van der Waals surface area contributed by atoms with Crippen LogP contribution >= 0.6 is 0 Å². The van der Waals surface area contributed by atoms with Gasteiger partial charge in [0.2, 0.25) is 0 Å². The summed E-state index contributed by atoms with van der Waals surface area (Å²) in [6.45, 7) is 2.13. The Kier molecular flexibility index (Phi) is 4.85. The first kappa shape index (κ1) is 18.8. The maximum absolute atomic E-state index is 14.8. The molecular formula is C19H19F2N7O. The topological polar surface area (TPSA) is 107 Å². The molecule has 3 heterocycles. The minimum Gasteiger partial charge on any atom is -0.403 e. The van der Waals surface area contributed by atoms with E-state index in [9.17, 15) is 8.78 Å². The third-order valence-corrected chi connectivity index (χ3v) is 4.67. The molecule has 10 heteroatoms. The van der Waals surface area contributed by atoms with Crippen LogP contribution in [0.1, 0.15) is 17.8 Å². The predicted octanol–water partition coefficient (Wildman–Crippen LogP) is 2.08. The number of benzene rings is 1. The minimum atomic E-state index is -0.696. The number of rotatable bonds is 5. The number of aromatic nitrogens is 3. The fourth-order valence-corrected chi connectivity index (χ4v) is 3.28. The lowest BCUT2D eigenvalue weighted by Crippen LogP contribution is -2.34. The Bertz CT molecular complexity index is 1100. The Labute approximate surface area is 165 Å². The van der Waals surface area contributed by atoms with Gasteiger partial charge in [0.25, 0.3) is 0 Å². The van der Waals surface area contributed by atoms with E-state index >= 15 is 0 Å². The van der Waals surface area contributed by atoms with Gasteiger partial charge in [-0.05, 0) is 36.8 Å². The van der Waals surface area contributed by atoms with Gasteiger partial charge in [-0.25, -0.2) is 14.6 Å². The number of hydrazine groups is 1. The second-order valence-electron chi connectivity index (χ2n) is 6.71. The second-order valence-corrected chi connectivity index (χ2v) is 6.71. The lowest BCUT2D eigenvalue weighted by Gasteiger charge is -2.16. The maximum Gasteiger partial charge on any atom is 0.161 e. The molecule has 29 heavy (non-hydrogen) atoms. The summed E-state index contributed by atoms with van der Waals surface area (Å²) in [5.74, 6) is 5.02. The summed E-state index contributed by atoms with van der Waals surface area (Å²) < 4.78 is 31.4. The van der Waals surface area contributed by atoms with Crippen LogP contribution in [0.3, 0.4) is 0 Å². The Morgan fingerprint density at radius 1 is 1.24 bits per heavy atom. The van der Waals surface area contributed by atoms with Crippen molar-refractivity contribution in [1.82, 2.24) is 19.6 Å². The highest BCUT2D eigenvalue weighted by Crippen LogP contribution is 2.29. The zero-order chi connectivity index (χ0) is 20.5. The normalized spacial score (nSPS) is 16.4. The highest BCUT2D eigenvalue weighted by atomic mass is 19.1. The van der Waals surface area contributed by atoms with Gasteiger partial charge in [-0.15, -0.1) is 10.2 Å². The number of oxime groups is 1. The number of hydrogen-bond donors (Lipinski definition) is 2. The smallest absolute Gasteiger partial charge is 0.161 e. The first-order chi connectivity index (χ1) is 14.0. The van der Waals surface area contributed by atoms with Crippen LogP contribution in [0.2, 0.25) is 0 Å². The average molecular weight is 399 g/mol. The van der Waals surface area contributed by atoms with Crippen LogP contribution in [0, 0.1) is 18.6 Å². The van der Waals surface area contributed by atoms with Gasteiger partial charge in [-0.3, -0.25) is 4.40 Å². The number of halogens is 2. The summed E-state index contributed by atoms with van der Waals surface area (Å²) in [5.41, 5.74) is 6.82. The summed E-state index contributed by atoms with van der Waals surface area (Å²) in [7, 11) is 0. The molecule has 0 saturated carbocycles. The van der Waals surface area contributed by atoms with Crippen molar-refractivity contribution < 1.29 is 13.6 Å². The Morgan fingerprint density at radius 3 is 2.72 bits per heavy atom. The van der Waals surface area contributed by atoms with Crippen LogP contribution < -0.4 is 11.6 Å². The first-order valence-electron chi connectivity index (χ1n) is 8.90. The quantitative estimate of drug-likeness (QED) is 0.503. The summed E-state index contributed by atoms with van der Waals surface area (Å²) in [4.78, 5) is 5.31. The van der Waals surface area contributed by atoms with E-state index in [1.165, 1.54) is 29.5 Å². The van der Waals surface area contributed by atoms with Crippen LogP contribution in [-0.2, 0) is 4.84 Å². The fourth-order valence-electron chi connectivity index (χ4n) is 3.28. The molecule has 0 fully saturated rings. The van der Waals surface area contributed by atoms with Crippen molar-refractivity contribution in [1.29, 1.82) is 0 Å². The molecule has 4 N–H and O–H groups in total. The summed E-state index contributed by atoms with van der Waals surface area (Å²) in [5, 5.41) is 13.3. The van der Waals surface area contributed by atoms with Crippen molar-refractivity contribution in [2.24, 2.45) is 16.7 Å². The van der Waals surface area contributed by atoms with Gasteiger partial charge in [0, 0.05) is 30.6 Å². The number of nitrogens with zero attached hydrogens (tertiary/aromatic N) is 5. The van der Waals surface area contributed by atoms with Gasteiger partial charge in [-0.1, -0.05) is 5.16 Å². The number of aryl methyl sites for hydroxylation is 1. The predicted molar refractivity (Wildman–Crippen MR) is 103 cm³/mol. The van der Waals surface area contributed by atoms with E-state index in [0.717, 1.165) is 0 Å². The lowest BCUT2D eigenvalue weighted by molar-refractivity contribution is 0.0640. The molecule has 150 valence electrons. The molecule has 8 nitrogen and oxygen atoms in total. The van der Waals surface area contributed by atoms with Gasteiger partial charge >= 0.3 is 0 Å². The summed E-state index contributed by atoms with van der Waals surface area (Å²) in [6.07, 6.45) is 4.51. The number of nitrogens with two attached hydrogens (primary N) is 2. The van der Waals surface area contributed by atoms with E-state index in [4.69, 9.17) is 16.4 Å². The van der Waals surface area contributed by atoms with Crippen LogP contribution in [0.5, 0.6) is 0 Å². The molecule has 2 aromatic heterocycles. The van der Waals surface area contributed by atoms with E-state index < -0.39 is 11.6 Å². The monoisotopic (exact) mass is 399 g/mol. The minimum absolute atomic E-state index is 0.130. The van der Waals surface area contributed by atoms with Gasteiger partial charge in [-0.2, -0.15) is 0 Å². The molecule has 0 unspecified atom stereocenters. The number of pyridine rings is 1.